The molecule has 0 unspecified atom stereocenters. The molecule has 0 amide bonds. The minimum atomic E-state index is 0.691. The van der Waals surface area contributed by atoms with Crippen molar-refractivity contribution < 1.29 is 4.74 Å². The molecule has 0 aliphatic carbocycles. The van der Waals surface area contributed by atoms with Gasteiger partial charge < -0.3 is 4.74 Å². The summed E-state index contributed by atoms with van der Waals surface area (Å²) >= 11 is 4.35. The summed E-state index contributed by atoms with van der Waals surface area (Å²) in [5.41, 5.74) is 1.18. The predicted octanol–water partition coefficient (Wildman–Crippen LogP) is 3.71. The van der Waals surface area contributed by atoms with Gasteiger partial charge in [-0.15, -0.1) is 12.6 Å². The number of aryl methyl sites for hydroxylation is 1. The molecule has 0 aliphatic rings. The Morgan fingerprint density at radius 1 is 1.36 bits per heavy atom. The summed E-state index contributed by atoms with van der Waals surface area (Å²) in [6.45, 7) is 7.22. The fraction of sp³-hybridized carbons (Fsp3) is 0.500. The first-order chi connectivity index (χ1) is 6.59. The lowest BCUT2D eigenvalue weighted by Gasteiger charge is -2.09. The summed E-state index contributed by atoms with van der Waals surface area (Å²) in [6, 6.07) is 6.00. The molecule has 0 heterocycles. The number of hydrogen-bond acceptors (Lipinski definition) is 2. The lowest BCUT2D eigenvalue weighted by atomic mass is 10.1. The van der Waals surface area contributed by atoms with Gasteiger partial charge in [-0.1, -0.05) is 19.9 Å². The van der Waals surface area contributed by atoms with Crippen molar-refractivity contribution in [2.75, 3.05) is 6.61 Å². The fourth-order valence-corrected chi connectivity index (χ4v) is 1.29. The van der Waals surface area contributed by atoms with Gasteiger partial charge in [0.1, 0.15) is 5.75 Å². The molecule has 0 spiro atoms. The van der Waals surface area contributed by atoms with Crippen LogP contribution in [0.5, 0.6) is 5.75 Å². The third kappa shape index (κ3) is 3.62. The van der Waals surface area contributed by atoms with E-state index in [4.69, 9.17) is 4.74 Å². The Bertz CT molecular complexity index is 294. The molecule has 0 aliphatic heterocycles. The topological polar surface area (TPSA) is 9.23 Å². The van der Waals surface area contributed by atoms with E-state index in [-0.39, 0.29) is 0 Å². The van der Waals surface area contributed by atoms with Crippen LogP contribution in [0.2, 0.25) is 0 Å². The van der Waals surface area contributed by atoms with Crippen molar-refractivity contribution in [3.63, 3.8) is 0 Å². The second-order valence-electron chi connectivity index (χ2n) is 3.98. The van der Waals surface area contributed by atoms with Crippen molar-refractivity contribution in [1.29, 1.82) is 0 Å². The van der Waals surface area contributed by atoms with E-state index in [1.807, 2.05) is 25.1 Å². The van der Waals surface area contributed by atoms with Gasteiger partial charge >= 0.3 is 0 Å². The summed E-state index contributed by atoms with van der Waals surface area (Å²) < 4.78 is 5.60. The Kier molecular flexibility index (Phi) is 4.33. The molecule has 0 saturated heterocycles. The van der Waals surface area contributed by atoms with Gasteiger partial charge in [0, 0.05) is 4.90 Å². The number of thiol groups is 1. The van der Waals surface area contributed by atoms with Crippen LogP contribution in [0.1, 0.15) is 25.8 Å². The average molecular weight is 210 g/mol. The maximum absolute atomic E-state index is 5.60. The minimum Gasteiger partial charge on any atom is -0.494 e. The summed E-state index contributed by atoms with van der Waals surface area (Å²) in [5.74, 6) is 1.61. The summed E-state index contributed by atoms with van der Waals surface area (Å²) in [6.07, 6.45) is 1.09. The highest BCUT2D eigenvalue weighted by atomic mass is 32.1. The van der Waals surface area contributed by atoms with E-state index in [0.717, 1.165) is 23.7 Å². The van der Waals surface area contributed by atoms with E-state index in [2.05, 4.69) is 26.5 Å². The fourth-order valence-electron chi connectivity index (χ4n) is 1.09. The van der Waals surface area contributed by atoms with Gasteiger partial charge in [-0.25, -0.2) is 0 Å². The van der Waals surface area contributed by atoms with E-state index in [1.54, 1.807) is 0 Å². The smallest absolute Gasteiger partial charge is 0.120 e. The van der Waals surface area contributed by atoms with Gasteiger partial charge in [0.25, 0.3) is 0 Å². The molecule has 0 bridgehead atoms. The monoisotopic (exact) mass is 210 g/mol. The Balaban J connectivity index is 2.47. The average Bonchev–Trinajstić information content (AvgIpc) is 2.10. The molecular weight excluding hydrogens is 192 g/mol. The predicted molar refractivity (Wildman–Crippen MR) is 63.4 cm³/mol. The van der Waals surface area contributed by atoms with Gasteiger partial charge in [-0.3, -0.25) is 0 Å². The van der Waals surface area contributed by atoms with Crippen LogP contribution in [0.15, 0.2) is 23.1 Å². The SMILES string of the molecule is Cc1ccc(OCCC(C)C)cc1S. The molecule has 0 N–H and O–H groups in total. The second-order valence-corrected chi connectivity index (χ2v) is 4.46. The van der Waals surface area contributed by atoms with E-state index in [1.165, 1.54) is 5.56 Å². The van der Waals surface area contributed by atoms with Crippen LogP contribution >= 0.6 is 12.6 Å². The largest absolute Gasteiger partial charge is 0.494 e. The van der Waals surface area contributed by atoms with Crippen molar-refractivity contribution >= 4 is 12.6 Å². The molecule has 0 radical (unpaired) electrons. The molecular formula is C12H18OS. The van der Waals surface area contributed by atoms with E-state index < -0.39 is 0 Å². The number of benzene rings is 1. The van der Waals surface area contributed by atoms with Gasteiger partial charge in [0.05, 0.1) is 6.61 Å². The molecule has 0 saturated carbocycles. The van der Waals surface area contributed by atoms with Crippen molar-refractivity contribution in [2.45, 2.75) is 32.1 Å². The minimum absolute atomic E-state index is 0.691. The number of hydrogen-bond donors (Lipinski definition) is 1. The highest BCUT2D eigenvalue weighted by molar-refractivity contribution is 7.80. The lowest BCUT2D eigenvalue weighted by Crippen LogP contribution is -2.01. The third-order valence-electron chi connectivity index (χ3n) is 2.14. The van der Waals surface area contributed by atoms with E-state index in [0.29, 0.717) is 5.92 Å². The third-order valence-corrected chi connectivity index (χ3v) is 2.63. The highest BCUT2D eigenvalue weighted by Crippen LogP contribution is 2.20. The Labute approximate surface area is 91.9 Å². The van der Waals surface area contributed by atoms with Gasteiger partial charge in [0.2, 0.25) is 0 Å². The molecule has 0 fully saturated rings. The quantitative estimate of drug-likeness (QED) is 0.745. The number of ether oxygens (including phenoxy) is 1. The zero-order chi connectivity index (χ0) is 10.6. The van der Waals surface area contributed by atoms with Crippen molar-refractivity contribution in [3.8, 4) is 5.75 Å². The molecule has 1 aromatic rings. The van der Waals surface area contributed by atoms with Crippen molar-refractivity contribution in [3.05, 3.63) is 23.8 Å². The molecule has 2 heteroatoms. The molecule has 14 heavy (non-hydrogen) atoms. The van der Waals surface area contributed by atoms with Crippen LogP contribution in [-0.4, -0.2) is 6.61 Å². The molecule has 1 nitrogen and oxygen atoms in total. The van der Waals surface area contributed by atoms with Crippen LogP contribution in [0.3, 0.4) is 0 Å². The van der Waals surface area contributed by atoms with Crippen LogP contribution in [0.25, 0.3) is 0 Å². The zero-order valence-electron chi connectivity index (χ0n) is 9.08. The zero-order valence-corrected chi connectivity index (χ0v) is 9.97. The Morgan fingerprint density at radius 2 is 2.07 bits per heavy atom. The van der Waals surface area contributed by atoms with Crippen molar-refractivity contribution in [2.24, 2.45) is 5.92 Å². The summed E-state index contributed by atoms with van der Waals surface area (Å²) in [5, 5.41) is 0. The maximum Gasteiger partial charge on any atom is 0.120 e. The standard InChI is InChI=1S/C12H18OS/c1-9(2)6-7-13-11-5-4-10(3)12(14)8-11/h4-5,8-9,14H,6-7H2,1-3H3. The van der Waals surface area contributed by atoms with Crippen LogP contribution < -0.4 is 4.74 Å². The van der Waals surface area contributed by atoms with Crippen LogP contribution in [0.4, 0.5) is 0 Å². The molecule has 0 aromatic heterocycles. The second kappa shape index (κ2) is 5.30. The Morgan fingerprint density at radius 3 is 2.64 bits per heavy atom. The summed E-state index contributed by atoms with van der Waals surface area (Å²) in [4.78, 5) is 0.993. The number of rotatable bonds is 4. The van der Waals surface area contributed by atoms with E-state index in [9.17, 15) is 0 Å². The maximum atomic E-state index is 5.60. The molecule has 1 rings (SSSR count). The first-order valence-corrected chi connectivity index (χ1v) is 5.46. The van der Waals surface area contributed by atoms with Gasteiger partial charge in [0.15, 0.2) is 0 Å². The highest BCUT2D eigenvalue weighted by Gasteiger charge is 1.98. The van der Waals surface area contributed by atoms with Crippen molar-refractivity contribution in [1.82, 2.24) is 0 Å². The normalized spacial score (nSPS) is 10.6. The van der Waals surface area contributed by atoms with E-state index >= 15 is 0 Å². The van der Waals surface area contributed by atoms with Gasteiger partial charge in [-0.2, -0.15) is 0 Å². The Hall–Kier alpha value is -0.630. The van der Waals surface area contributed by atoms with Crippen LogP contribution in [0, 0.1) is 12.8 Å². The molecule has 1 aromatic carbocycles. The van der Waals surface area contributed by atoms with Gasteiger partial charge in [-0.05, 0) is 37.0 Å². The molecule has 78 valence electrons. The summed E-state index contributed by atoms with van der Waals surface area (Å²) in [7, 11) is 0. The lowest BCUT2D eigenvalue weighted by molar-refractivity contribution is 0.289. The van der Waals surface area contributed by atoms with Crippen LogP contribution in [-0.2, 0) is 0 Å². The first-order valence-electron chi connectivity index (χ1n) is 5.02. The molecule has 0 atom stereocenters. The first kappa shape index (κ1) is 11.4.